The number of benzene rings is 1. The van der Waals surface area contributed by atoms with Crippen LogP contribution in [0, 0.1) is 0 Å². The topological polar surface area (TPSA) is 85.5 Å². The van der Waals surface area contributed by atoms with Crippen LogP contribution in [0.15, 0.2) is 50.5 Å². The Morgan fingerprint density at radius 1 is 1.32 bits per heavy atom. The fourth-order valence-electron chi connectivity index (χ4n) is 2.61. The Bertz CT molecular complexity index is 976. The van der Waals surface area contributed by atoms with Crippen molar-refractivity contribution in [3.8, 4) is 17.1 Å². The lowest BCUT2D eigenvalue weighted by molar-refractivity contribution is 0.216. The van der Waals surface area contributed by atoms with Crippen LogP contribution in [0.2, 0.25) is 0 Å². The maximum atomic E-state index is 12.7. The molecule has 4 rings (SSSR count). The average molecular weight is 377 g/mol. The van der Waals surface area contributed by atoms with Crippen molar-refractivity contribution in [2.24, 2.45) is 0 Å². The van der Waals surface area contributed by atoms with Crippen LogP contribution in [0.5, 0.6) is 5.75 Å². The van der Waals surface area contributed by atoms with Crippen molar-refractivity contribution >= 4 is 21.4 Å². The predicted molar refractivity (Wildman–Crippen MR) is 92.1 cm³/mol. The van der Waals surface area contributed by atoms with Gasteiger partial charge in [0.1, 0.15) is 5.75 Å². The summed E-state index contributed by atoms with van der Waals surface area (Å²) in [6.07, 6.45) is 0. The second-order valence-corrected chi connectivity index (χ2v) is 8.38. The number of methoxy groups -OCH3 is 1. The van der Waals surface area contributed by atoms with Crippen molar-refractivity contribution in [1.29, 1.82) is 0 Å². The van der Waals surface area contributed by atoms with Crippen LogP contribution in [-0.2, 0) is 10.0 Å². The van der Waals surface area contributed by atoms with E-state index < -0.39 is 10.0 Å². The molecule has 0 aliphatic carbocycles. The van der Waals surface area contributed by atoms with Crippen molar-refractivity contribution < 1.29 is 17.7 Å². The number of rotatable bonds is 5. The van der Waals surface area contributed by atoms with E-state index >= 15 is 0 Å². The molecule has 1 aliphatic rings. The summed E-state index contributed by atoms with van der Waals surface area (Å²) in [6, 6.07) is 8.37. The van der Waals surface area contributed by atoms with Gasteiger partial charge >= 0.3 is 0 Å². The maximum absolute atomic E-state index is 12.7. The molecule has 0 saturated carbocycles. The largest absolute Gasteiger partial charge is 0.497 e. The SMILES string of the molecule is COc1cccc(S(=O)(=O)N2CC(c3nc(-c4ccsc4)no3)C2)c1. The minimum Gasteiger partial charge on any atom is -0.497 e. The van der Waals surface area contributed by atoms with Crippen molar-refractivity contribution in [2.45, 2.75) is 10.8 Å². The molecule has 1 saturated heterocycles. The molecular weight excluding hydrogens is 362 g/mol. The molecule has 0 bridgehead atoms. The molecule has 9 heteroatoms. The monoisotopic (exact) mass is 377 g/mol. The molecule has 3 aromatic rings. The predicted octanol–water partition coefficient (Wildman–Crippen LogP) is 2.59. The van der Waals surface area contributed by atoms with E-state index in [1.54, 1.807) is 29.5 Å². The zero-order valence-corrected chi connectivity index (χ0v) is 15.0. The summed E-state index contributed by atoms with van der Waals surface area (Å²) in [4.78, 5) is 4.60. The van der Waals surface area contributed by atoms with Crippen LogP contribution in [-0.4, -0.2) is 43.1 Å². The van der Waals surface area contributed by atoms with Crippen LogP contribution in [0.1, 0.15) is 11.8 Å². The molecule has 0 spiro atoms. The van der Waals surface area contributed by atoms with E-state index in [4.69, 9.17) is 9.26 Å². The minimum atomic E-state index is -3.55. The second kappa shape index (κ2) is 6.25. The van der Waals surface area contributed by atoms with Gasteiger partial charge in [-0.2, -0.15) is 20.6 Å². The Labute approximate surface area is 148 Å². The van der Waals surface area contributed by atoms with E-state index in [0.29, 0.717) is 30.6 Å². The number of nitrogens with zero attached hydrogens (tertiary/aromatic N) is 3. The minimum absolute atomic E-state index is 0.0831. The Kier molecular flexibility index (Phi) is 4.06. The molecule has 2 aromatic heterocycles. The van der Waals surface area contributed by atoms with Crippen LogP contribution in [0.3, 0.4) is 0 Å². The molecule has 3 heterocycles. The highest BCUT2D eigenvalue weighted by atomic mass is 32.2. The third-order valence-corrected chi connectivity index (χ3v) is 6.61. The molecule has 1 aromatic carbocycles. The Morgan fingerprint density at radius 3 is 2.88 bits per heavy atom. The number of hydrogen-bond donors (Lipinski definition) is 0. The Balaban J connectivity index is 1.48. The van der Waals surface area contributed by atoms with Crippen LogP contribution >= 0.6 is 11.3 Å². The first-order valence-electron chi connectivity index (χ1n) is 7.58. The lowest BCUT2D eigenvalue weighted by atomic mass is 10.0. The fraction of sp³-hybridized carbons (Fsp3) is 0.250. The van der Waals surface area contributed by atoms with E-state index in [0.717, 1.165) is 5.56 Å². The summed E-state index contributed by atoms with van der Waals surface area (Å²) in [7, 11) is -2.04. The highest BCUT2D eigenvalue weighted by molar-refractivity contribution is 7.89. The van der Waals surface area contributed by atoms with Gasteiger partial charge < -0.3 is 9.26 Å². The summed E-state index contributed by atoms with van der Waals surface area (Å²) in [5.74, 6) is 1.43. The zero-order valence-electron chi connectivity index (χ0n) is 13.3. The number of thiophene rings is 1. The van der Waals surface area contributed by atoms with Crippen molar-refractivity contribution in [2.75, 3.05) is 20.2 Å². The first kappa shape index (κ1) is 16.2. The van der Waals surface area contributed by atoms with Crippen molar-refractivity contribution in [3.63, 3.8) is 0 Å². The maximum Gasteiger partial charge on any atom is 0.243 e. The fourth-order valence-corrected chi connectivity index (χ4v) is 4.81. The smallest absolute Gasteiger partial charge is 0.243 e. The molecule has 0 N–H and O–H groups in total. The first-order valence-corrected chi connectivity index (χ1v) is 9.96. The normalized spacial score (nSPS) is 15.9. The number of aromatic nitrogens is 2. The summed E-state index contributed by atoms with van der Waals surface area (Å²) >= 11 is 1.56. The lowest BCUT2D eigenvalue weighted by Gasteiger charge is -2.35. The van der Waals surface area contributed by atoms with Gasteiger partial charge in [0.15, 0.2) is 0 Å². The third-order valence-electron chi connectivity index (χ3n) is 4.10. The Morgan fingerprint density at radius 2 is 2.16 bits per heavy atom. The average Bonchev–Trinajstić information content (AvgIpc) is 3.24. The molecule has 130 valence electrons. The van der Waals surface area contributed by atoms with Crippen LogP contribution in [0.4, 0.5) is 0 Å². The molecule has 7 nitrogen and oxygen atoms in total. The second-order valence-electron chi connectivity index (χ2n) is 5.67. The van der Waals surface area contributed by atoms with Crippen LogP contribution in [0.25, 0.3) is 11.4 Å². The highest BCUT2D eigenvalue weighted by Crippen LogP contribution is 2.33. The number of hydrogen-bond acceptors (Lipinski definition) is 7. The summed E-state index contributed by atoms with van der Waals surface area (Å²) in [6.45, 7) is 0.648. The molecule has 0 atom stereocenters. The lowest BCUT2D eigenvalue weighted by Crippen LogP contribution is -2.48. The van der Waals surface area contributed by atoms with Gasteiger partial charge in [-0.25, -0.2) is 8.42 Å². The van der Waals surface area contributed by atoms with Gasteiger partial charge in [0.2, 0.25) is 21.7 Å². The van der Waals surface area contributed by atoms with E-state index in [9.17, 15) is 8.42 Å². The van der Waals surface area contributed by atoms with Gasteiger partial charge in [0.05, 0.1) is 17.9 Å². The number of sulfonamides is 1. The number of ether oxygens (including phenoxy) is 1. The van der Waals surface area contributed by atoms with Gasteiger partial charge in [-0.15, -0.1) is 0 Å². The van der Waals surface area contributed by atoms with Gasteiger partial charge in [0, 0.05) is 30.1 Å². The standard InChI is InChI=1S/C16H15N3O4S2/c1-22-13-3-2-4-14(7-13)25(20,21)19-8-12(9-19)16-17-15(18-23-16)11-5-6-24-10-11/h2-7,10,12H,8-9H2,1H3. The van der Waals surface area contributed by atoms with Gasteiger partial charge in [0.25, 0.3) is 0 Å². The van der Waals surface area contributed by atoms with E-state index in [1.807, 2.05) is 16.8 Å². The first-order chi connectivity index (χ1) is 12.1. The molecular formula is C16H15N3O4S2. The molecule has 0 unspecified atom stereocenters. The zero-order chi connectivity index (χ0) is 17.4. The molecule has 0 amide bonds. The molecule has 1 aliphatic heterocycles. The van der Waals surface area contributed by atoms with Gasteiger partial charge in [-0.05, 0) is 23.6 Å². The van der Waals surface area contributed by atoms with Crippen LogP contribution < -0.4 is 4.74 Å². The van der Waals surface area contributed by atoms with Crippen molar-refractivity contribution in [1.82, 2.24) is 14.4 Å². The quantitative estimate of drug-likeness (QED) is 0.679. The molecule has 25 heavy (non-hydrogen) atoms. The summed E-state index contributed by atoms with van der Waals surface area (Å²) in [5, 5.41) is 7.85. The summed E-state index contributed by atoms with van der Waals surface area (Å²) in [5.41, 5.74) is 0.903. The third kappa shape index (κ3) is 2.94. The van der Waals surface area contributed by atoms with Gasteiger partial charge in [-0.3, -0.25) is 0 Å². The Hall–Kier alpha value is -2.23. The van der Waals surface area contributed by atoms with E-state index in [1.165, 1.54) is 17.5 Å². The summed E-state index contributed by atoms with van der Waals surface area (Å²) < 4.78 is 37.1. The highest BCUT2D eigenvalue weighted by Gasteiger charge is 2.40. The molecule has 0 radical (unpaired) electrons. The van der Waals surface area contributed by atoms with E-state index in [2.05, 4.69) is 10.1 Å². The van der Waals surface area contributed by atoms with Crippen molar-refractivity contribution in [3.05, 3.63) is 47.0 Å². The van der Waals surface area contributed by atoms with Gasteiger partial charge in [-0.1, -0.05) is 11.2 Å². The van der Waals surface area contributed by atoms with E-state index in [-0.39, 0.29) is 10.8 Å². The molecule has 1 fully saturated rings.